The highest BCUT2D eigenvalue weighted by Gasteiger charge is 2.19. The van der Waals surface area contributed by atoms with E-state index in [1.165, 1.54) is 14.0 Å². The molecule has 0 aliphatic heterocycles. The van der Waals surface area contributed by atoms with Crippen LogP contribution in [0.3, 0.4) is 0 Å². The number of nitrogens with zero attached hydrogens (tertiary/aromatic N) is 1. The minimum Gasteiger partial charge on any atom is -0.493 e. The first-order chi connectivity index (χ1) is 14.5. The van der Waals surface area contributed by atoms with Crippen molar-refractivity contribution in [2.45, 2.75) is 41.2 Å². The van der Waals surface area contributed by atoms with Crippen LogP contribution in [0.15, 0.2) is 36.4 Å². The van der Waals surface area contributed by atoms with Crippen molar-refractivity contribution in [1.29, 1.82) is 0 Å². The van der Waals surface area contributed by atoms with Gasteiger partial charge in [0.2, 0.25) is 0 Å². The van der Waals surface area contributed by atoms with E-state index in [2.05, 4.69) is 5.32 Å². The molecule has 0 spiro atoms. The third kappa shape index (κ3) is 7.17. The Kier molecular flexibility index (Phi) is 8.33. The fourth-order valence-corrected chi connectivity index (χ4v) is 3.63. The summed E-state index contributed by atoms with van der Waals surface area (Å²) in [4.78, 5) is 14.7. The van der Waals surface area contributed by atoms with Gasteiger partial charge < -0.3 is 19.1 Å². The molecule has 0 aliphatic carbocycles. The Bertz CT molecular complexity index is 1020. The maximum absolute atomic E-state index is 13.0. The molecule has 1 N–H and O–H groups in total. The zero-order valence-electron chi connectivity index (χ0n) is 19.1. The Morgan fingerprint density at radius 2 is 1.81 bits per heavy atom. The molecular weight excluding hydrogens is 416 g/mol. The molecule has 8 heteroatoms. The van der Waals surface area contributed by atoms with Gasteiger partial charge in [-0.2, -0.15) is 8.42 Å². The average molecular weight is 449 g/mol. The van der Waals surface area contributed by atoms with Crippen LogP contribution in [0, 0.1) is 19.8 Å². The van der Waals surface area contributed by atoms with Crippen LogP contribution in [0.25, 0.3) is 0 Å². The fraction of sp³-hybridized carbons (Fsp3) is 0.435. The van der Waals surface area contributed by atoms with Gasteiger partial charge in [-0.3, -0.25) is 0 Å². The van der Waals surface area contributed by atoms with Crippen molar-refractivity contribution < 1.29 is 22.1 Å². The normalized spacial score (nSPS) is 11.3. The van der Waals surface area contributed by atoms with E-state index in [4.69, 9.17) is 8.92 Å². The molecular formula is C23H32N2O5S. The topological polar surface area (TPSA) is 84.9 Å². The monoisotopic (exact) mass is 448 g/mol. The molecule has 7 nitrogen and oxygen atoms in total. The molecule has 31 heavy (non-hydrogen) atoms. The summed E-state index contributed by atoms with van der Waals surface area (Å²) in [5.41, 5.74) is 3.61. The lowest BCUT2D eigenvalue weighted by molar-refractivity contribution is 0.201. The molecule has 0 bridgehead atoms. The number of nitrogens with one attached hydrogen (secondary N) is 1. The van der Waals surface area contributed by atoms with Crippen LogP contribution >= 0.6 is 0 Å². The third-order valence-corrected chi connectivity index (χ3v) is 5.81. The molecule has 0 aromatic heterocycles. The second kappa shape index (κ2) is 10.5. The molecule has 0 atom stereocenters. The largest absolute Gasteiger partial charge is 0.493 e. The summed E-state index contributed by atoms with van der Waals surface area (Å²) < 4.78 is 34.3. The van der Waals surface area contributed by atoms with Crippen LogP contribution in [0.5, 0.6) is 11.5 Å². The zero-order chi connectivity index (χ0) is 23.2. The highest BCUT2D eigenvalue weighted by molar-refractivity contribution is 7.87. The Morgan fingerprint density at radius 1 is 1.10 bits per heavy atom. The molecule has 0 saturated carbocycles. The minimum atomic E-state index is -3.71. The number of methoxy groups -OCH3 is 1. The van der Waals surface area contributed by atoms with Crippen LogP contribution in [-0.4, -0.2) is 38.8 Å². The number of carbonyl (C=O) groups is 1. The van der Waals surface area contributed by atoms with Crippen molar-refractivity contribution in [3.05, 3.63) is 53.1 Å². The van der Waals surface area contributed by atoms with Crippen molar-refractivity contribution in [2.75, 3.05) is 24.7 Å². The minimum absolute atomic E-state index is 0.112. The standard InChI is InChI=1S/C23H32N2O5S/c1-7-31(27,28)30-22-13-19(9-11-21(22)29-6)15-25(14-16(2)3)23(26)24-20-10-8-17(4)12-18(20)5/h8-13,16H,7,14-15H2,1-6H3,(H,24,26). The molecule has 0 heterocycles. The Hall–Kier alpha value is -2.74. The van der Waals surface area contributed by atoms with Crippen molar-refractivity contribution in [3.63, 3.8) is 0 Å². The molecule has 2 rings (SSSR count). The van der Waals surface area contributed by atoms with Crippen LogP contribution in [-0.2, 0) is 16.7 Å². The van der Waals surface area contributed by atoms with Crippen molar-refractivity contribution >= 4 is 21.8 Å². The van der Waals surface area contributed by atoms with E-state index in [9.17, 15) is 13.2 Å². The summed E-state index contributed by atoms with van der Waals surface area (Å²) in [6, 6.07) is 10.7. The molecule has 0 saturated heterocycles. The lowest BCUT2D eigenvalue weighted by atomic mass is 10.1. The first-order valence-electron chi connectivity index (χ1n) is 10.3. The highest BCUT2D eigenvalue weighted by Crippen LogP contribution is 2.30. The van der Waals surface area contributed by atoms with E-state index in [-0.39, 0.29) is 23.5 Å². The zero-order valence-corrected chi connectivity index (χ0v) is 19.9. The molecule has 0 radical (unpaired) electrons. The molecule has 0 unspecified atom stereocenters. The number of anilines is 1. The predicted molar refractivity (Wildman–Crippen MR) is 123 cm³/mol. The van der Waals surface area contributed by atoms with Crippen LogP contribution in [0.4, 0.5) is 10.5 Å². The van der Waals surface area contributed by atoms with Gasteiger partial charge in [-0.05, 0) is 56.0 Å². The van der Waals surface area contributed by atoms with Gasteiger partial charge >= 0.3 is 16.1 Å². The predicted octanol–water partition coefficient (Wildman–Crippen LogP) is 4.73. The van der Waals surface area contributed by atoms with Gasteiger partial charge in [0, 0.05) is 18.8 Å². The van der Waals surface area contributed by atoms with Gasteiger partial charge in [-0.25, -0.2) is 4.79 Å². The highest BCUT2D eigenvalue weighted by atomic mass is 32.2. The van der Waals surface area contributed by atoms with Gasteiger partial charge in [0.25, 0.3) is 0 Å². The number of rotatable bonds is 9. The van der Waals surface area contributed by atoms with E-state index in [0.29, 0.717) is 18.8 Å². The van der Waals surface area contributed by atoms with Crippen LogP contribution < -0.4 is 14.2 Å². The lowest BCUT2D eigenvalue weighted by Gasteiger charge is -2.26. The number of aryl methyl sites for hydroxylation is 2. The summed E-state index contributed by atoms with van der Waals surface area (Å²) in [6.45, 7) is 10.4. The quantitative estimate of drug-likeness (QED) is 0.561. The smallest absolute Gasteiger partial charge is 0.322 e. The molecule has 2 amide bonds. The van der Waals surface area contributed by atoms with Gasteiger partial charge in [0.1, 0.15) is 0 Å². The van der Waals surface area contributed by atoms with Gasteiger partial charge in [-0.1, -0.05) is 37.6 Å². The van der Waals surface area contributed by atoms with Crippen LogP contribution in [0.1, 0.15) is 37.5 Å². The lowest BCUT2D eigenvalue weighted by Crippen LogP contribution is -2.37. The molecule has 2 aromatic rings. The Labute approximate surface area is 185 Å². The number of urea groups is 1. The van der Waals surface area contributed by atoms with Crippen molar-refractivity contribution in [1.82, 2.24) is 4.90 Å². The molecule has 2 aromatic carbocycles. The maximum Gasteiger partial charge on any atom is 0.322 e. The number of ether oxygens (including phenoxy) is 1. The van der Waals surface area contributed by atoms with E-state index < -0.39 is 10.1 Å². The number of benzene rings is 2. The maximum atomic E-state index is 13.0. The van der Waals surface area contributed by atoms with Crippen molar-refractivity contribution in [3.8, 4) is 11.5 Å². The van der Waals surface area contributed by atoms with E-state index >= 15 is 0 Å². The molecule has 0 aliphatic rings. The van der Waals surface area contributed by atoms with Gasteiger partial charge in [-0.15, -0.1) is 0 Å². The third-order valence-electron chi connectivity index (χ3n) is 4.67. The average Bonchev–Trinajstić information content (AvgIpc) is 2.69. The Balaban J connectivity index is 2.28. The summed E-state index contributed by atoms with van der Waals surface area (Å²) >= 11 is 0. The number of hydrogen-bond acceptors (Lipinski definition) is 5. The molecule has 0 fully saturated rings. The SMILES string of the molecule is CCS(=O)(=O)Oc1cc(CN(CC(C)C)C(=O)Nc2ccc(C)cc2C)ccc1OC. The first kappa shape index (κ1) is 24.5. The second-order valence-corrected chi connectivity index (χ2v) is 9.80. The summed E-state index contributed by atoms with van der Waals surface area (Å²) in [6.07, 6.45) is 0. The summed E-state index contributed by atoms with van der Waals surface area (Å²) in [5, 5.41) is 2.98. The number of hydrogen-bond donors (Lipinski definition) is 1. The number of amides is 2. The van der Waals surface area contributed by atoms with Crippen molar-refractivity contribution in [2.24, 2.45) is 5.92 Å². The number of carbonyl (C=O) groups excluding carboxylic acids is 1. The fourth-order valence-electron chi connectivity index (χ4n) is 3.11. The van der Waals surface area contributed by atoms with Crippen LogP contribution in [0.2, 0.25) is 0 Å². The summed E-state index contributed by atoms with van der Waals surface area (Å²) in [7, 11) is -2.26. The first-order valence-corrected chi connectivity index (χ1v) is 11.8. The summed E-state index contributed by atoms with van der Waals surface area (Å²) in [5.74, 6) is 0.523. The van der Waals surface area contributed by atoms with E-state index in [1.807, 2.05) is 45.9 Å². The molecule has 170 valence electrons. The second-order valence-electron chi connectivity index (χ2n) is 7.94. The van der Waals surface area contributed by atoms with E-state index in [0.717, 1.165) is 22.4 Å². The Morgan fingerprint density at radius 3 is 2.39 bits per heavy atom. The van der Waals surface area contributed by atoms with E-state index in [1.54, 1.807) is 23.1 Å². The van der Waals surface area contributed by atoms with Gasteiger partial charge in [0.05, 0.1) is 12.9 Å². The van der Waals surface area contributed by atoms with Gasteiger partial charge in [0.15, 0.2) is 11.5 Å².